The topological polar surface area (TPSA) is 99.1 Å². The first-order valence-electron chi connectivity index (χ1n) is 14.4. The molecule has 1 saturated heterocycles. The summed E-state index contributed by atoms with van der Waals surface area (Å²) in [5.74, 6) is 2.81. The third kappa shape index (κ3) is 5.25. The van der Waals surface area contributed by atoms with Gasteiger partial charge in [-0.1, -0.05) is 26.3 Å². The summed E-state index contributed by atoms with van der Waals surface area (Å²) in [4.78, 5) is 38.4. The minimum Gasteiger partial charge on any atom is -0.508 e. The van der Waals surface area contributed by atoms with Gasteiger partial charge in [0.2, 0.25) is 17.7 Å². The number of benzene rings is 1. The lowest BCUT2D eigenvalue weighted by Gasteiger charge is -2.49. The average Bonchev–Trinajstić information content (AvgIpc) is 3.37. The van der Waals surface area contributed by atoms with Crippen molar-refractivity contribution in [2.24, 2.45) is 22.4 Å². The Morgan fingerprint density at radius 2 is 2.03 bits per heavy atom. The fraction of sp³-hybridized carbons (Fsp3) is 0.667. The molecule has 1 aromatic rings. The van der Waals surface area contributed by atoms with Crippen LogP contribution >= 0.6 is 11.8 Å². The van der Waals surface area contributed by atoms with Crippen molar-refractivity contribution in [2.45, 2.75) is 95.6 Å². The molecule has 3 amide bonds. The van der Waals surface area contributed by atoms with E-state index in [9.17, 15) is 19.5 Å². The Balaban J connectivity index is 1.08. The fourth-order valence-corrected chi connectivity index (χ4v) is 8.61. The van der Waals surface area contributed by atoms with Crippen LogP contribution in [0, 0.1) is 17.3 Å². The first-order valence-corrected chi connectivity index (χ1v) is 15.5. The van der Waals surface area contributed by atoms with Gasteiger partial charge in [-0.2, -0.15) is 5.10 Å². The van der Waals surface area contributed by atoms with E-state index in [0.29, 0.717) is 42.9 Å². The lowest BCUT2D eigenvalue weighted by molar-refractivity contribution is -0.138. The second-order valence-corrected chi connectivity index (χ2v) is 13.2. The van der Waals surface area contributed by atoms with Crippen molar-refractivity contribution in [3.63, 3.8) is 0 Å². The van der Waals surface area contributed by atoms with Gasteiger partial charge in [0.1, 0.15) is 5.75 Å². The minimum absolute atomic E-state index is 0.0472. The van der Waals surface area contributed by atoms with E-state index in [1.807, 2.05) is 19.1 Å². The van der Waals surface area contributed by atoms with E-state index >= 15 is 0 Å². The fourth-order valence-electron chi connectivity index (χ4n) is 7.68. The molecule has 0 spiro atoms. The Morgan fingerprint density at radius 1 is 1.18 bits per heavy atom. The van der Waals surface area contributed by atoms with Crippen LogP contribution in [0.15, 0.2) is 23.3 Å². The number of nitrogens with one attached hydrogen (secondary N) is 1. The molecule has 5 atom stereocenters. The standard InChI is InChI=1S/C30H41N3O4S/c1-3-38-25-18-28(36)33(29(25)37)16-6-4-5-7-27(35)32-31-26-13-12-24-23-10-8-19-17-20(34)9-11-21(19)22(23)14-15-30(24,26)2/h9,11,17,22-25,34H,3-8,10,12-16,18H2,1-2H3,(H,32,35)/b31-26+. The number of fused-ring (bicyclic) bond motifs is 5. The number of carbonyl (C=O) groups is 3. The molecule has 7 nitrogen and oxygen atoms in total. The van der Waals surface area contributed by atoms with Gasteiger partial charge in [0.25, 0.3) is 0 Å². The maximum Gasteiger partial charge on any atom is 0.242 e. The van der Waals surface area contributed by atoms with E-state index < -0.39 is 0 Å². The number of nitrogens with zero attached hydrogens (tertiary/aromatic N) is 2. The highest BCUT2D eigenvalue weighted by molar-refractivity contribution is 8.00. The Kier molecular flexibility index (Phi) is 8.17. The summed E-state index contributed by atoms with van der Waals surface area (Å²) in [7, 11) is 0. The van der Waals surface area contributed by atoms with Gasteiger partial charge in [0.15, 0.2) is 0 Å². The van der Waals surface area contributed by atoms with Gasteiger partial charge in [-0.3, -0.25) is 19.3 Å². The number of unbranched alkanes of at least 4 members (excludes halogenated alkanes) is 2. The molecule has 8 heteroatoms. The molecule has 2 saturated carbocycles. The molecule has 3 aliphatic carbocycles. The number of likely N-dealkylation sites (tertiary alicyclic amines) is 1. The molecule has 5 unspecified atom stereocenters. The first-order chi connectivity index (χ1) is 18.3. The summed E-state index contributed by atoms with van der Waals surface area (Å²) in [5, 5.41) is 14.4. The van der Waals surface area contributed by atoms with Crippen LogP contribution in [0.4, 0.5) is 0 Å². The molecule has 5 rings (SSSR count). The molecule has 1 aliphatic heterocycles. The van der Waals surface area contributed by atoms with Gasteiger partial charge in [0, 0.05) is 30.5 Å². The van der Waals surface area contributed by atoms with Crippen LogP contribution in [-0.4, -0.2) is 51.0 Å². The molecule has 2 N–H and O–H groups in total. The molecule has 0 radical (unpaired) electrons. The second kappa shape index (κ2) is 11.4. The van der Waals surface area contributed by atoms with Crippen molar-refractivity contribution in [1.82, 2.24) is 10.3 Å². The van der Waals surface area contributed by atoms with Crippen molar-refractivity contribution >= 4 is 35.2 Å². The van der Waals surface area contributed by atoms with Crippen LogP contribution in [0.5, 0.6) is 5.75 Å². The van der Waals surface area contributed by atoms with E-state index in [1.54, 1.807) is 11.8 Å². The number of rotatable bonds is 9. The van der Waals surface area contributed by atoms with E-state index in [4.69, 9.17) is 0 Å². The summed E-state index contributed by atoms with van der Waals surface area (Å²) in [5.41, 5.74) is 6.78. The van der Waals surface area contributed by atoms with Crippen molar-refractivity contribution < 1.29 is 19.5 Å². The molecule has 0 aromatic heterocycles. The maximum atomic E-state index is 12.5. The molecule has 1 heterocycles. The summed E-state index contributed by atoms with van der Waals surface area (Å²) >= 11 is 1.54. The predicted octanol–water partition coefficient (Wildman–Crippen LogP) is 5.16. The Morgan fingerprint density at radius 3 is 2.84 bits per heavy atom. The summed E-state index contributed by atoms with van der Waals surface area (Å²) in [6.45, 7) is 4.80. The van der Waals surface area contributed by atoms with Crippen LogP contribution < -0.4 is 5.43 Å². The number of hydrazone groups is 1. The van der Waals surface area contributed by atoms with Gasteiger partial charge in [-0.25, -0.2) is 5.43 Å². The molecular weight excluding hydrogens is 498 g/mol. The zero-order chi connectivity index (χ0) is 26.9. The Labute approximate surface area is 230 Å². The third-order valence-corrected chi connectivity index (χ3v) is 10.7. The molecule has 38 heavy (non-hydrogen) atoms. The molecule has 3 fully saturated rings. The van der Waals surface area contributed by atoms with Crippen LogP contribution in [0.25, 0.3) is 0 Å². The number of phenolic OH excluding ortho intramolecular Hbond substituents is 1. The molecular formula is C30H41N3O4S. The maximum absolute atomic E-state index is 12.5. The average molecular weight is 540 g/mol. The van der Waals surface area contributed by atoms with Crippen molar-refractivity contribution in [2.75, 3.05) is 12.3 Å². The second-order valence-electron chi connectivity index (χ2n) is 11.7. The Hall–Kier alpha value is -2.35. The molecule has 0 bridgehead atoms. The number of thioether (sulfide) groups is 1. The van der Waals surface area contributed by atoms with Crippen LogP contribution in [0.3, 0.4) is 0 Å². The first kappa shape index (κ1) is 27.2. The summed E-state index contributed by atoms with van der Waals surface area (Å²) in [6.07, 6.45) is 9.45. The highest BCUT2D eigenvalue weighted by Crippen LogP contribution is 2.59. The molecule has 4 aliphatic rings. The van der Waals surface area contributed by atoms with Crippen molar-refractivity contribution in [3.8, 4) is 5.75 Å². The number of amides is 3. The van der Waals surface area contributed by atoms with E-state index in [0.717, 1.165) is 69.3 Å². The van der Waals surface area contributed by atoms with Gasteiger partial charge in [-0.05, 0) is 98.1 Å². The van der Waals surface area contributed by atoms with Gasteiger partial charge in [-0.15, -0.1) is 11.8 Å². The largest absolute Gasteiger partial charge is 0.508 e. The van der Waals surface area contributed by atoms with E-state index in [1.165, 1.54) is 16.0 Å². The van der Waals surface area contributed by atoms with Crippen LogP contribution in [-0.2, 0) is 20.8 Å². The molecule has 206 valence electrons. The molecule has 1 aromatic carbocycles. The summed E-state index contributed by atoms with van der Waals surface area (Å²) in [6, 6.07) is 5.92. The number of hydrogen-bond acceptors (Lipinski definition) is 6. The zero-order valence-electron chi connectivity index (χ0n) is 22.7. The monoisotopic (exact) mass is 539 g/mol. The van der Waals surface area contributed by atoms with Crippen molar-refractivity contribution in [1.29, 1.82) is 0 Å². The third-order valence-electron chi connectivity index (χ3n) is 9.62. The lowest BCUT2D eigenvalue weighted by atomic mass is 9.55. The smallest absolute Gasteiger partial charge is 0.242 e. The number of aromatic hydroxyl groups is 1. The predicted molar refractivity (Wildman–Crippen MR) is 150 cm³/mol. The minimum atomic E-state index is -0.215. The number of carbonyl (C=O) groups excluding carboxylic acids is 3. The van der Waals surface area contributed by atoms with Gasteiger partial charge < -0.3 is 5.11 Å². The zero-order valence-corrected chi connectivity index (χ0v) is 23.5. The highest BCUT2D eigenvalue weighted by Gasteiger charge is 2.53. The number of phenols is 1. The normalized spacial score (nSPS) is 31.3. The van der Waals surface area contributed by atoms with Crippen molar-refractivity contribution in [3.05, 3.63) is 29.3 Å². The van der Waals surface area contributed by atoms with E-state index in [2.05, 4.69) is 23.5 Å². The SMILES string of the molecule is CCSC1CC(=O)N(CCCCCC(=O)N/N=C2\CCC3C4CCc5cc(O)ccc5C4CCC23C)C1=O. The highest BCUT2D eigenvalue weighted by atomic mass is 32.2. The summed E-state index contributed by atoms with van der Waals surface area (Å²) < 4.78 is 0. The lowest BCUT2D eigenvalue weighted by Crippen LogP contribution is -2.43. The van der Waals surface area contributed by atoms with Gasteiger partial charge >= 0.3 is 0 Å². The van der Waals surface area contributed by atoms with E-state index in [-0.39, 0.29) is 28.4 Å². The number of imide groups is 1. The number of hydrogen-bond donors (Lipinski definition) is 2. The van der Waals surface area contributed by atoms with Gasteiger partial charge in [0.05, 0.1) is 5.25 Å². The van der Waals surface area contributed by atoms with Crippen LogP contribution in [0.1, 0.15) is 95.1 Å². The Bertz CT molecular complexity index is 1120. The number of aryl methyl sites for hydroxylation is 1. The quantitative estimate of drug-likeness (QED) is 0.257. The van der Waals surface area contributed by atoms with Crippen LogP contribution in [0.2, 0.25) is 0 Å².